The fourth-order valence-corrected chi connectivity index (χ4v) is 1.71. The van der Waals surface area contributed by atoms with Crippen LogP contribution in [0.1, 0.15) is 21.9 Å². The minimum Gasteiger partial charge on any atom is -0.396 e. The molecule has 5 nitrogen and oxygen atoms in total. The predicted molar refractivity (Wildman–Crippen MR) is 57.6 cm³/mol. The van der Waals surface area contributed by atoms with E-state index in [-0.39, 0.29) is 0 Å². The van der Waals surface area contributed by atoms with Crippen LogP contribution in [0.15, 0.2) is 12.1 Å². The van der Waals surface area contributed by atoms with E-state index in [2.05, 4.69) is 4.98 Å². The number of primary amides is 1. The largest absolute Gasteiger partial charge is 0.396 e. The number of hydrogen-bond donors (Lipinski definition) is 2. The van der Waals surface area contributed by atoms with Gasteiger partial charge in [-0.1, -0.05) is 0 Å². The Morgan fingerprint density at radius 3 is 2.67 bits per heavy atom. The molecule has 0 fully saturated rings. The molecular formula is C10H12N4O. The predicted octanol–water partition coefficient (Wildman–Crippen LogP) is 0.632. The monoisotopic (exact) mass is 204 g/mol. The van der Waals surface area contributed by atoms with Crippen LogP contribution >= 0.6 is 0 Å². The highest BCUT2D eigenvalue weighted by Gasteiger charge is 2.16. The molecular weight excluding hydrogens is 192 g/mol. The van der Waals surface area contributed by atoms with Crippen LogP contribution < -0.4 is 11.5 Å². The molecule has 78 valence electrons. The Bertz CT molecular complexity index is 556. The Labute approximate surface area is 86.7 Å². The molecule has 15 heavy (non-hydrogen) atoms. The first-order valence-corrected chi connectivity index (χ1v) is 4.56. The highest BCUT2D eigenvalue weighted by Crippen LogP contribution is 2.19. The van der Waals surface area contributed by atoms with E-state index in [4.69, 9.17) is 11.5 Å². The van der Waals surface area contributed by atoms with Gasteiger partial charge < -0.3 is 11.5 Å². The van der Waals surface area contributed by atoms with Crippen molar-refractivity contribution < 1.29 is 4.79 Å². The zero-order valence-electron chi connectivity index (χ0n) is 8.61. The zero-order valence-corrected chi connectivity index (χ0v) is 8.61. The molecule has 0 unspecified atom stereocenters. The van der Waals surface area contributed by atoms with Gasteiger partial charge in [0.1, 0.15) is 5.69 Å². The van der Waals surface area contributed by atoms with Crippen molar-refractivity contribution in [3.8, 4) is 0 Å². The van der Waals surface area contributed by atoms with E-state index < -0.39 is 5.91 Å². The molecule has 2 rings (SSSR count). The Hall–Kier alpha value is -2.04. The molecule has 0 saturated heterocycles. The van der Waals surface area contributed by atoms with Crippen LogP contribution in [0.5, 0.6) is 0 Å². The topological polar surface area (TPSA) is 86.4 Å². The smallest absolute Gasteiger partial charge is 0.267 e. The molecule has 0 aliphatic carbocycles. The summed E-state index contributed by atoms with van der Waals surface area (Å²) in [5.74, 6) is -0.492. The normalized spacial score (nSPS) is 10.8. The number of imidazole rings is 1. The van der Waals surface area contributed by atoms with E-state index in [0.717, 1.165) is 5.69 Å². The maximum absolute atomic E-state index is 11.3. The summed E-state index contributed by atoms with van der Waals surface area (Å²) in [5.41, 5.74) is 14.1. The van der Waals surface area contributed by atoms with Crippen LogP contribution in [0.4, 0.5) is 5.69 Å². The number of aromatic nitrogens is 2. The quantitative estimate of drug-likeness (QED) is 0.714. The molecule has 2 heterocycles. The van der Waals surface area contributed by atoms with Crippen LogP contribution in [0.25, 0.3) is 5.65 Å². The van der Waals surface area contributed by atoms with Crippen molar-refractivity contribution in [2.24, 2.45) is 5.73 Å². The van der Waals surface area contributed by atoms with Gasteiger partial charge in [-0.25, -0.2) is 4.98 Å². The van der Waals surface area contributed by atoms with Gasteiger partial charge in [-0.2, -0.15) is 0 Å². The van der Waals surface area contributed by atoms with Crippen molar-refractivity contribution in [2.75, 3.05) is 5.73 Å². The van der Waals surface area contributed by atoms with E-state index in [1.54, 1.807) is 17.4 Å². The summed E-state index contributed by atoms with van der Waals surface area (Å²) in [5, 5.41) is 0. The summed E-state index contributed by atoms with van der Waals surface area (Å²) < 4.78 is 1.69. The highest BCUT2D eigenvalue weighted by molar-refractivity contribution is 5.94. The number of carbonyl (C=O) groups is 1. The van der Waals surface area contributed by atoms with E-state index in [1.807, 2.05) is 13.0 Å². The summed E-state index contributed by atoms with van der Waals surface area (Å²) in [6.07, 6.45) is 0. The summed E-state index contributed by atoms with van der Waals surface area (Å²) in [7, 11) is 0. The molecule has 0 aliphatic rings. The van der Waals surface area contributed by atoms with Crippen molar-refractivity contribution in [2.45, 2.75) is 13.8 Å². The third kappa shape index (κ3) is 1.24. The summed E-state index contributed by atoms with van der Waals surface area (Å²) in [4.78, 5) is 15.5. The van der Waals surface area contributed by atoms with Gasteiger partial charge in [-0.05, 0) is 26.0 Å². The number of nitrogens with zero attached hydrogens (tertiary/aromatic N) is 2. The number of nitrogens with two attached hydrogens (primary N) is 2. The first kappa shape index (κ1) is 9.51. The summed E-state index contributed by atoms with van der Waals surface area (Å²) in [6.45, 7) is 3.62. The van der Waals surface area contributed by atoms with Gasteiger partial charge in [0.05, 0.1) is 11.4 Å². The minimum absolute atomic E-state index is 0.398. The Kier molecular flexibility index (Phi) is 1.89. The second kappa shape index (κ2) is 2.98. The van der Waals surface area contributed by atoms with Crippen molar-refractivity contribution in [3.63, 3.8) is 0 Å². The fourth-order valence-electron chi connectivity index (χ4n) is 1.71. The minimum atomic E-state index is -0.492. The van der Waals surface area contributed by atoms with Crippen LogP contribution in [-0.4, -0.2) is 15.3 Å². The van der Waals surface area contributed by atoms with Gasteiger partial charge in [-0.15, -0.1) is 0 Å². The molecule has 0 radical (unpaired) electrons. The van der Waals surface area contributed by atoms with Crippen LogP contribution in [-0.2, 0) is 0 Å². The van der Waals surface area contributed by atoms with Crippen molar-refractivity contribution in [3.05, 3.63) is 29.2 Å². The maximum Gasteiger partial charge on any atom is 0.267 e. The van der Waals surface area contributed by atoms with Gasteiger partial charge in [0.15, 0.2) is 5.65 Å². The molecule has 0 aromatic carbocycles. The average Bonchev–Trinajstić information content (AvgIpc) is 2.50. The number of aryl methyl sites for hydroxylation is 2. The molecule has 2 aromatic rings. The molecule has 2 aromatic heterocycles. The lowest BCUT2D eigenvalue weighted by Gasteiger charge is -2.04. The Morgan fingerprint density at radius 1 is 1.40 bits per heavy atom. The lowest BCUT2D eigenvalue weighted by Crippen LogP contribution is -2.16. The highest BCUT2D eigenvalue weighted by atomic mass is 16.1. The molecule has 0 saturated carbocycles. The molecule has 0 bridgehead atoms. The van der Waals surface area contributed by atoms with E-state index >= 15 is 0 Å². The number of hydrogen-bond acceptors (Lipinski definition) is 3. The first-order valence-electron chi connectivity index (χ1n) is 4.56. The van der Waals surface area contributed by atoms with Crippen LogP contribution in [0, 0.1) is 13.8 Å². The second-order valence-corrected chi connectivity index (χ2v) is 3.50. The van der Waals surface area contributed by atoms with Crippen molar-refractivity contribution in [1.29, 1.82) is 0 Å². The third-order valence-electron chi connectivity index (χ3n) is 2.40. The summed E-state index contributed by atoms with van der Waals surface area (Å²) in [6, 6.07) is 3.60. The maximum atomic E-state index is 11.3. The molecule has 1 amide bonds. The molecule has 0 atom stereocenters. The SMILES string of the molecule is Cc1nc2c(N)ccc(C)n2c1C(N)=O. The van der Waals surface area contributed by atoms with Gasteiger partial charge in [0.2, 0.25) is 0 Å². The van der Waals surface area contributed by atoms with Crippen LogP contribution in [0.2, 0.25) is 0 Å². The number of anilines is 1. The number of fused-ring (bicyclic) bond motifs is 1. The Morgan fingerprint density at radius 2 is 2.07 bits per heavy atom. The van der Waals surface area contributed by atoms with Gasteiger partial charge in [0.25, 0.3) is 5.91 Å². The van der Waals surface area contributed by atoms with Gasteiger partial charge in [-0.3, -0.25) is 9.20 Å². The van der Waals surface area contributed by atoms with E-state index in [0.29, 0.717) is 22.7 Å². The first-order chi connectivity index (χ1) is 7.02. The number of carbonyl (C=O) groups excluding carboxylic acids is 1. The van der Waals surface area contributed by atoms with Crippen molar-refractivity contribution in [1.82, 2.24) is 9.38 Å². The van der Waals surface area contributed by atoms with Crippen molar-refractivity contribution >= 4 is 17.2 Å². The van der Waals surface area contributed by atoms with Crippen LogP contribution in [0.3, 0.4) is 0 Å². The molecule has 4 N–H and O–H groups in total. The number of nitrogen functional groups attached to an aromatic ring is 1. The number of rotatable bonds is 1. The number of amides is 1. The Balaban J connectivity index is 2.98. The van der Waals surface area contributed by atoms with Gasteiger partial charge in [0, 0.05) is 5.69 Å². The standard InChI is InChI=1S/C10H12N4O/c1-5-3-4-7(11)10-13-6(2)8(9(12)15)14(5)10/h3-4H,11H2,1-2H3,(H2,12,15). The molecule has 0 aliphatic heterocycles. The molecule has 0 spiro atoms. The fraction of sp³-hybridized carbons (Fsp3) is 0.200. The lowest BCUT2D eigenvalue weighted by molar-refractivity contribution is 0.0994. The second-order valence-electron chi connectivity index (χ2n) is 3.50. The zero-order chi connectivity index (χ0) is 11.2. The average molecular weight is 204 g/mol. The number of pyridine rings is 1. The third-order valence-corrected chi connectivity index (χ3v) is 2.40. The lowest BCUT2D eigenvalue weighted by atomic mass is 10.3. The van der Waals surface area contributed by atoms with E-state index in [1.165, 1.54) is 0 Å². The summed E-state index contributed by atoms with van der Waals surface area (Å²) >= 11 is 0. The molecule has 5 heteroatoms. The van der Waals surface area contributed by atoms with E-state index in [9.17, 15) is 4.79 Å². The van der Waals surface area contributed by atoms with Gasteiger partial charge >= 0.3 is 0 Å².